The molecule has 4 heterocycles. The third-order valence-corrected chi connectivity index (χ3v) is 7.58. The molecule has 252 valence electrons. The Balaban J connectivity index is 1.38. The summed E-state index contributed by atoms with van der Waals surface area (Å²) in [5.41, 5.74) is 8.84. The minimum atomic E-state index is -0.605. The Bertz CT molecular complexity index is 1960. The number of aromatic amines is 4. The molecule has 0 aliphatic heterocycles. The molecule has 19 heteroatoms. The minimum absolute atomic E-state index is 0.0252. The van der Waals surface area contributed by atoms with E-state index in [0.717, 1.165) is 0 Å². The van der Waals surface area contributed by atoms with Crippen LogP contribution in [0.4, 0.5) is 22.9 Å². The zero-order chi connectivity index (χ0) is 35.3. The number of carbonyl (C=O) groups excluding carboxylic acids is 5. The van der Waals surface area contributed by atoms with Gasteiger partial charge in [-0.1, -0.05) is 11.7 Å². The number of H-pyrrole nitrogens is 4. The highest BCUT2D eigenvalue weighted by atomic mass is 79.9. The van der Waals surface area contributed by atoms with E-state index in [0.29, 0.717) is 39.4 Å². The highest BCUT2D eigenvalue weighted by Crippen LogP contribution is 2.25. The number of halogens is 1. The van der Waals surface area contributed by atoms with Crippen LogP contribution >= 0.6 is 15.9 Å². The van der Waals surface area contributed by atoms with E-state index < -0.39 is 29.5 Å². The molecule has 0 unspecified atom stereocenters. The summed E-state index contributed by atoms with van der Waals surface area (Å²) in [5, 5.41) is 24.8. The molecule has 4 rings (SSSR count). The summed E-state index contributed by atoms with van der Waals surface area (Å²) < 4.78 is 0.0955. The van der Waals surface area contributed by atoms with Gasteiger partial charge in [0.2, 0.25) is 0 Å². The molecule has 0 aliphatic carbocycles. The Hall–Kier alpha value is -6.11. The molecule has 0 fully saturated rings. The maximum Gasteiger partial charge on any atom is 0.291 e. The smallest absolute Gasteiger partial charge is 0.291 e. The first kappa shape index (κ1) is 34.8. The van der Waals surface area contributed by atoms with Crippen LogP contribution in [-0.2, 0) is 4.79 Å². The van der Waals surface area contributed by atoms with Crippen molar-refractivity contribution in [3.63, 3.8) is 0 Å². The van der Waals surface area contributed by atoms with Crippen molar-refractivity contribution < 1.29 is 29.2 Å². The third-order valence-electron chi connectivity index (χ3n) is 7.22. The fourth-order valence-electron chi connectivity index (χ4n) is 4.44. The van der Waals surface area contributed by atoms with Gasteiger partial charge in [-0.2, -0.15) is 0 Å². The van der Waals surface area contributed by atoms with E-state index in [9.17, 15) is 24.0 Å². The lowest BCUT2D eigenvalue weighted by Gasteiger charge is -2.07. The number of nitrogens with two attached hydrogens (primary N) is 1. The van der Waals surface area contributed by atoms with Crippen molar-refractivity contribution in [2.24, 2.45) is 10.9 Å². The lowest BCUT2D eigenvalue weighted by molar-refractivity contribution is -0.112. The van der Waals surface area contributed by atoms with Crippen molar-refractivity contribution in [2.75, 3.05) is 27.8 Å². The minimum Gasteiger partial charge on any atom is -0.409 e. The molecule has 0 spiro atoms. The maximum atomic E-state index is 13.2. The number of rotatable bonds is 12. The van der Waals surface area contributed by atoms with Crippen LogP contribution in [0.15, 0.2) is 34.8 Å². The summed E-state index contributed by atoms with van der Waals surface area (Å²) in [5.74, 6) is -2.52. The zero-order valence-corrected chi connectivity index (χ0v) is 27.8. The number of nitrogens with zero attached hydrogens (tertiary/aromatic N) is 2. The van der Waals surface area contributed by atoms with E-state index in [1.54, 1.807) is 27.7 Å². The van der Waals surface area contributed by atoms with Crippen LogP contribution in [0.3, 0.4) is 0 Å². The number of anilines is 4. The highest BCUT2D eigenvalue weighted by Gasteiger charge is 2.23. The molecule has 0 saturated carbocycles. The topological polar surface area (TPSA) is 280 Å². The van der Waals surface area contributed by atoms with E-state index >= 15 is 0 Å². The molecule has 0 radical (unpaired) electrons. The highest BCUT2D eigenvalue weighted by molar-refractivity contribution is 9.12. The second-order valence-electron chi connectivity index (χ2n) is 10.5. The van der Waals surface area contributed by atoms with E-state index in [2.05, 4.69) is 79.2 Å². The van der Waals surface area contributed by atoms with Gasteiger partial charge in [0.1, 0.15) is 22.9 Å². The second kappa shape index (κ2) is 14.5. The van der Waals surface area contributed by atoms with Crippen LogP contribution in [0.5, 0.6) is 0 Å². The largest absolute Gasteiger partial charge is 0.409 e. The van der Waals surface area contributed by atoms with E-state index in [1.807, 2.05) is 0 Å². The first-order chi connectivity index (χ1) is 22.7. The van der Waals surface area contributed by atoms with Gasteiger partial charge in [0.15, 0.2) is 11.6 Å². The molecule has 4 aromatic rings. The molecule has 18 nitrogen and oxygen atoms in total. The standard InChI is InChI=1S/C29H33BrN12O6/c1-11-16(8-33-20(11)26(44)32-7-6-19(31)42-48)37-27(45)21-12(2)17(9-34-21)38-28(46)22-13(3)18(10-35-22)39-29(47)24-36-15(5)23(40-24)41-25(43)14(4)30/h8-10,33-35,48H,4,6-7H2,1-3,5H3,(H2,31,42)(H,32,44)(H,36,40)(H,37,45)(H,38,46)(H,39,47)(H,41,43). The zero-order valence-electron chi connectivity index (χ0n) is 26.2. The van der Waals surface area contributed by atoms with Crippen molar-refractivity contribution in [3.8, 4) is 0 Å². The van der Waals surface area contributed by atoms with Gasteiger partial charge >= 0.3 is 0 Å². The average Bonchev–Trinajstić information content (AvgIpc) is 3.80. The van der Waals surface area contributed by atoms with Crippen molar-refractivity contribution in [3.05, 3.63) is 74.9 Å². The van der Waals surface area contributed by atoms with Crippen molar-refractivity contribution >= 4 is 74.2 Å². The summed E-state index contributed by atoms with van der Waals surface area (Å²) >= 11 is 2.98. The Morgan fingerprint density at radius 3 is 1.73 bits per heavy atom. The lowest BCUT2D eigenvalue weighted by atomic mass is 10.2. The molecule has 12 N–H and O–H groups in total. The van der Waals surface area contributed by atoms with Crippen molar-refractivity contribution in [1.82, 2.24) is 30.2 Å². The number of carbonyl (C=O) groups is 5. The SMILES string of the molecule is C=C(Br)C(=O)Nc1nc(C(=O)Nc2c[nH]c(C(=O)Nc3c[nH]c(C(=O)Nc4c[nH]c(C(=O)NCCC(N)=NO)c4C)c3C)c2C)[nH]c1C. The summed E-state index contributed by atoms with van der Waals surface area (Å²) in [6.45, 7) is 10.2. The number of hydrogen-bond acceptors (Lipinski definition) is 8. The van der Waals surface area contributed by atoms with Gasteiger partial charge in [0, 0.05) is 48.2 Å². The van der Waals surface area contributed by atoms with Crippen molar-refractivity contribution in [1.29, 1.82) is 0 Å². The fourth-order valence-corrected chi connectivity index (χ4v) is 4.54. The Labute approximate surface area is 280 Å². The number of aryl methyl sites for hydroxylation is 1. The Morgan fingerprint density at radius 1 is 0.812 bits per heavy atom. The molecule has 0 atom stereocenters. The van der Waals surface area contributed by atoms with Crippen LogP contribution in [0.2, 0.25) is 0 Å². The molecule has 0 bridgehead atoms. The number of nitrogens with one attached hydrogen (secondary N) is 9. The number of aromatic nitrogens is 5. The van der Waals surface area contributed by atoms with Crippen LogP contribution in [0, 0.1) is 27.7 Å². The summed E-state index contributed by atoms with van der Waals surface area (Å²) in [4.78, 5) is 79.0. The van der Waals surface area contributed by atoms with E-state index in [1.165, 1.54) is 18.6 Å². The van der Waals surface area contributed by atoms with Gasteiger partial charge in [0.05, 0.1) is 27.2 Å². The predicted octanol–water partition coefficient (Wildman–Crippen LogP) is 3.10. The van der Waals surface area contributed by atoms with Gasteiger partial charge in [-0.05, 0) is 43.6 Å². The molecule has 0 aromatic carbocycles. The summed E-state index contributed by atoms with van der Waals surface area (Å²) in [6.07, 6.45) is 4.55. The Kier molecular flexibility index (Phi) is 10.5. The second-order valence-corrected chi connectivity index (χ2v) is 11.4. The van der Waals surface area contributed by atoms with Gasteiger partial charge in [-0.3, -0.25) is 24.0 Å². The number of amidine groups is 1. The average molecular weight is 726 g/mol. The van der Waals surface area contributed by atoms with Gasteiger partial charge < -0.3 is 57.5 Å². The molecular weight excluding hydrogens is 692 g/mol. The monoisotopic (exact) mass is 724 g/mol. The summed E-state index contributed by atoms with van der Waals surface area (Å²) in [7, 11) is 0. The summed E-state index contributed by atoms with van der Waals surface area (Å²) in [6, 6.07) is 0. The first-order valence-corrected chi connectivity index (χ1v) is 15.0. The number of oxime groups is 1. The van der Waals surface area contributed by atoms with Crippen LogP contribution in [-0.4, -0.2) is 72.0 Å². The fraction of sp³-hybridized carbons (Fsp3) is 0.207. The normalized spacial score (nSPS) is 11.1. The third kappa shape index (κ3) is 7.64. The van der Waals surface area contributed by atoms with Crippen molar-refractivity contribution in [2.45, 2.75) is 34.1 Å². The van der Waals surface area contributed by atoms with Crippen LogP contribution in [0.25, 0.3) is 0 Å². The molecule has 4 aromatic heterocycles. The van der Waals surface area contributed by atoms with Crippen LogP contribution in [0.1, 0.15) is 70.9 Å². The molecule has 48 heavy (non-hydrogen) atoms. The molecule has 0 aliphatic rings. The van der Waals surface area contributed by atoms with Gasteiger partial charge in [-0.25, -0.2) is 4.98 Å². The van der Waals surface area contributed by atoms with Gasteiger partial charge in [0.25, 0.3) is 29.5 Å². The quantitative estimate of drug-likeness (QED) is 0.0339. The molecular formula is C29H33BrN12O6. The number of amides is 5. The lowest BCUT2D eigenvalue weighted by Crippen LogP contribution is -2.28. The maximum absolute atomic E-state index is 13.2. The van der Waals surface area contributed by atoms with Gasteiger partial charge in [-0.15, -0.1) is 0 Å². The van der Waals surface area contributed by atoms with E-state index in [-0.39, 0.29) is 52.0 Å². The Morgan fingerprint density at radius 2 is 1.27 bits per heavy atom. The van der Waals surface area contributed by atoms with E-state index in [4.69, 9.17) is 10.9 Å². The molecule has 5 amide bonds. The predicted molar refractivity (Wildman–Crippen MR) is 181 cm³/mol. The van der Waals surface area contributed by atoms with Crippen LogP contribution < -0.4 is 32.3 Å². The molecule has 0 saturated heterocycles. The number of hydrogen-bond donors (Lipinski definition) is 11. The number of imidazole rings is 1. The first-order valence-electron chi connectivity index (χ1n) is 14.2.